The molecule has 0 aromatic heterocycles. The third-order valence-corrected chi connectivity index (χ3v) is 3.00. The summed E-state index contributed by atoms with van der Waals surface area (Å²) in [5, 5.41) is 31.2. The van der Waals surface area contributed by atoms with Gasteiger partial charge in [0.05, 0.1) is 18.2 Å². The number of hydrogen-bond donors (Lipinski definition) is 4. The van der Waals surface area contributed by atoms with E-state index in [9.17, 15) is 20.1 Å². The first-order valence-corrected chi connectivity index (χ1v) is 5.93. The lowest BCUT2D eigenvalue weighted by atomic mass is 10.1. The van der Waals surface area contributed by atoms with Gasteiger partial charge in [-0.15, -0.1) is 0 Å². The van der Waals surface area contributed by atoms with Gasteiger partial charge in [0.1, 0.15) is 6.10 Å². The minimum atomic E-state index is -1.00. The van der Waals surface area contributed by atoms with E-state index in [1.165, 1.54) is 13.8 Å². The van der Waals surface area contributed by atoms with Gasteiger partial charge >= 0.3 is 0 Å². The van der Waals surface area contributed by atoms with Gasteiger partial charge in [-0.3, -0.25) is 9.69 Å². The highest BCUT2D eigenvalue weighted by atomic mass is 16.3. The maximum atomic E-state index is 11.0. The molecule has 0 radical (unpaired) electrons. The van der Waals surface area contributed by atoms with Gasteiger partial charge in [0.15, 0.2) is 0 Å². The quantitative estimate of drug-likeness (QED) is 0.464. The van der Waals surface area contributed by atoms with Gasteiger partial charge in [-0.05, 0) is 13.3 Å². The third kappa shape index (κ3) is 4.59. The second-order valence-electron chi connectivity index (χ2n) is 4.74. The first-order chi connectivity index (χ1) is 7.90. The molecule has 0 aliphatic carbocycles. The Balaban J connectivity index is 2.53. The summed E-state index contributed by atoms with van der Waals surface area (Å²) in [4.78, 5) is 13.0. The topological polar surface area (TPSA) is 93.0 Å². The summed E-state index contributed by atoms with van der Waals surface area (Å²) in [5.41, 5.74) is 0. The van der Waals surface area contributed by atoms with E-state index < -0.39 is 18.2 Å². The number of nitrogens with zero attached hydrogens (tertiary/aromatic N) is 1. The molecule has 1 aliphatic rings. The van der Waals surface area contributed by atoms with Gasteiger partial charge in [0, 0.05) is 26.6 Å². The zero-order valence-corrected chi connectivity index (χ0v) is 10.3. The Bertz CT molecular complexity index is 260. The van der Waals surface area contributed by atoms with Crippen LogP contribution in [0.25, 0.3) is 0 Å². The summed E-state index contributed by atoms with van der Waals surface area (Å²) in [6, 6.07) is -0.516. The smallest absolute Gasteiger partial charge is 0.217 e. The van der Waals surface area contributed by atoms with Crippen LogP contribution in [0.4, 0.5) is 0 Å². The maximum absolute atomic E-state index is 11.0. The number of carbonyl (C=O) groups is 1. The van der Waals surface area contributed by atoms with E-state index in [0.29, 0.717) is 19.5 Å². The first kappa shape index (κ1) is 14.4. The molecular weight excluding hydrogens is 224 g/mol. The van der Waals surface area contributed by atoms with E-state index in [0.717, 1.165) is 6.54 Å². The summed E-state index contributed by atoms with van der Waals surface area (Å²) < 4.78 is 0. The second kappa shape index (κ2) is 6.30. The van der Waals surface area contributed by atoms with Crippen molar-refractivity contribution in [1.82, 2.24) is 10.2 Å². The Hall–Kier alpha value is -0.690. The molecule has 4 atom stereocenters. The molecule has 0 spiro atoms. The lowest BCUT2D eigenvalue weighted by Crippen LogP contribution is -2.52. The number of carbonyl (C=O) groups excluding carboxylic acids is 1. The van der Waals surface area contributed by atoms with Gasteiger partial charge in [-0.2, -0.15) is 0 Å². The van der Waals surface area contributed by atoms with Crippen LogP contribution in [0.15, 0.2) is 0 Å². The van der Waals surface area contributed by atoms with Crippen molar-refractivity contribution in [3.63, 3.8) is 0 Å². The van der Waals surface area contributed by atoms with Gasteiger partial charge in [-0.25, -0.2) is 0 Å². The minimum Gasteiger partial charge on any atom is -0.392 e. The van der Waals surface area contributed by atoms with E-state index in [4.69, 9.17) is 0 Å². The highest BCUT2D eigenvalue weighted by Crippen LogP contribution is 2.11. The Kier molecular flexibility index (Phi) is 5.32. The highest BCUT2D eigenvalue weighted by Gasteiger charge is 2.29. The van der Waals surface area contributed by atoms with Crippen LogP contribution in [-0.2, 0) is 4.79 Å². The van der Waals surface area contributed by atoms with Crippen LogP contribution in [0.2, 0.25) is 0 Å². The summed E-state index contributed by atoms with van der Waals surface area (Å²) in [6.07, 6.45) is -1.54. The van der Waals surface area contributed by atoms with Crippen molar-refractivity contribution in [2.45, 2.75) is 44.6 Å². The molecule has 4 unspecified atom stereocenters. The zero-order chi connectivity index (χ0) is 13.0. The van der Waals surface area contributed by atoms with Crippen molar-refractivity contribution in [2.24, 2.45) is 0 Å². The predicted octanol–water partition coefficient (Wildman–Crippen LogP) is -1.70. The number of aliphatic hydroxyl groups excluding tert-OH is 3. The molecule has 1 rings (SSSR count). The number of rotatable bonds is 5. The van der Waals surface area contributed by atoms with E-state index in [-0.39, 0.29) is 12.0 Å². The molecule has 1 heterocycles. The molecule has 100 valence electrons. The van der Waals surface area contributed by atoms with Crippen LogP contribution >= 0.6 is 0 Å². The Morgan fingerprint density at radius 3 is 2.59 bits per heavy atom. The van der Waals surface area contributed by atoms with Crippen LogP contribution in [0.3, 0.4) is 0 Å². The molecular formula is C11H22N2O4. The second-order valence-corrected chi connectivity index (χ2v) is 4.74. The summed E-state index contributed by atoms with van der Waals surface area (Å²) in [5.74, 6) is -0.241. The summed E-state index contributed by atoms with van der Waals surface area (Å²) >= 11 is 0. The molecule has 6 heteroatoms. The highest BCUT2D eigenvalue weighted by molar-refractivity contribution is 5.73. The van der Waals surface area contributed by atoms with E-state index in [1.54, 1.807) is 0 Å². The molecule has 0 bridgehead atoms. The minimum absolute atomic E-state index is 0.241. The van der Waals surface area contributed by atoms with Crippen molar-refractivity contribution >= 4 is 5.91 Å². The Morgan fingerprint density at radius 2 is 2.18 bits per heavy atom. The monoisotopic (exact) mass is 246 g/mol. The molecule has 6 nitrogen and oxygen atoms in total. The van der Waals surface area contributed by atoms with E-state index in [2.05, 4.69) is 5.32 Å². The standard InChI is InChI=1S/C11H22N2O4/c1-7(14)11(17)10(12-8(2)15)6-13-4-3-9(16)5-13/h7,9-11,14,16-17H,3-6H2,1-2H3,(H,12,15). The SMILES string of the molecule is CC(=O)NC(CN1CCC(O)C1)C(O)C(C)O. The van der Waals surface area contributed by atoms with Crippen molar-refractivity contribution in [3.05, 3.63) is 0 Å². The average Bonchev–Trinajstić information content (AvgIpc) is 2.61. The zero-order valence-electron chi connectivity index (χ0n) is 10.3. The van der Waals surface area contributed by atoms with Gasteiger partial charge in [0.25, 0.3) is 0 Å². The number of nitrogens with one attached hydrogen (secondary N) is 1. The fourth-order valence-corrected chi connectivity index (χ4v) is 2.09. The van der Waals surface area contributed by atoms with E-state index in [1.807, 2.05) is 4.90 Å². The molecule has 1 fully saturated rings. The molecule has 1 amide bonds. The molecule has 0 saturated carbocycles. The Morgan fingerprint density at radius 1 is 1.53 bits per heavy atom. The first-order valence-electron chi connectivity index (χ1n) is 5.93. The number of aliphatic hydroxyl groups is 3. The van der Waals surface area contributed by atoms with Crippen molar-refractivity contribution in [3.8, 4) is 0 Å². The predicted molar refractivity (Wildman–Crippen MR) is 62.4 cm³/mol. The number of β-amino-alcohol motifs (C(OH)–C–C–N with tert-alkyl or cyclic N) is 1. The Labute approximate surface area is 101 Å². The summed E-state index contributed by atoms with van der Waals surface area (Å²) in [6.45, 7) is 4.58. The van der Waals surface area contributed by atoms with Crippen LogP contribution in [-0.4, -0.2) is 70.1 Å². The van der Waals surface area contributed by atoms with E-state index >= 15 is 0 Å². The molecule has 0 aromatic carbocycles. The summed E-state index contributed by atoms with van der Waals surface area (Å²) in [7, 11) is 0. The number of hydrogen-bond acceptors (Lipinski definition) is 5. The lowest BCUT2D eigenvalue weighted by molar-refractivity contribution is -0.121. The van der Waals surface area contributed by atoms with Crippen LogP contribution in [0, 0.1) is 0 Å². The molecule has 0 aromatic rings. The third-order valence-electron chi connectivity index (χ3n) is 3.00. The van der Waals surface area contributed by atoms with Crippen LogP contribution in [0.1, 0.15) is 20.3 Å². The van der Waals surface area contributed by atoms with Crippen LogP contribution < -0.4 is 5.32 Å². The van der Waals surface area contributed by atoms with Crippen LogP contribution in [0.5, 0.6) is 0 Å². The van der Waals surface area contributed by atoms with Crippen molar-refractivity contribution < 1.29 is 20.1 Å². The van der Waals surface area contributed by atoms with Crippen molar-refractivity contribution in [1.29, 1.82) is 0 Å². The number of amides is 1. The largest absolute Gasteiger partial charge is 0.392 e. The van der Waals surface area contributed by atoms with Gasteiger partial charge < -0.3 is 20.6 Å². The van der Waals surface area contributed by atoms with Crippen molar-refractivity contribution in [2.75, 3.05) is 19.6 Å². The molecule has 4 N–H and O–H groups in total. The maximum Gasteiger partial charge on any atom is 0.217 e. The number of likely N-dealkylation sites (tertiary alicyclic amines) is 1. The molecule has 17 heavy (non-hydrogen) atoms. The average molecular weight is 246 g/mol. The molecule has 1 aliphatic heterocycles. The van der Waals surface area contributed by atoms with Gasteiger partial charge in [-0.1, -0.05) is 0 Å². The lowest BCUT2D eigenvalue weighted by Gasteiger charge is -2.29. The fraction of sp³-hybridized carbons (Fsp3) is 0.909. The normalized spacial score (nSPS) is 26.5. The molecule has 1 saturated heterocycles. The fourth-order valence-electron chi connectivity index (χ4n) is 2.09. The van der Waals surface area contributed by atoms with Gasteiger partial charge in [0.2, 0.25) is 5.91 Å².